The van der Waals surface area contributed by atoms with E-state index in [1.54, 1.807) is 13.2 Å². The van der Waals surface area contributed by atoms with Crippen molar-refractivity contribution in [2.24, 2.45) is 5.41 Å². The van der Waals surface area contributed by atoms with Gasteiger partial charge in [0.15, 0.2) is 0 Å². The molecule has 0 heterocycles. The first kappa shape index (κ1) is 13.1. The van der Waals surface area contributed by atoms with E-state index < -0.39 is 0 Å². The third kappa shape index (κ3) is 3.58. The zero-order chi connectivity index (χ0) is 12.2. The van der Waals surface area contributed by atoms with Crippen LogP contribution in [0, 0.1) is 5.41 Å². The van der Waals surface area contributed by atoms with Crippen LogP contribution in [-0.4, -0.2) is 25.4 Å². The molecule has 1 aromatic rings. The lowest BCUT2D eigenvalue weighted by molar-refractivity contribution is 0.171. The van der Waals surface area contributed by atoms with Crippen molar-refractivity contribution in [3.8, 4) is 5.75 Å². The molecule has 0 aromatic heterocycles. The number of aliphatic hydroxyl groups excluding tert-OH is 1. The standard InChI is InChI=1S/C12H18ClNO2/c1-12(2,8-15)7-14-9-4-5-10(13)11(6-9)16-3/h4-6,14-15H,7-8H2,1-3H3. The summed E-state index contributed by atoms with van der Waals surface area (Å²) in [5.41, 5.74) is 0.787. The number of anilines is 1. The lowest BCUT2D eigenvalue weighted by Crippen LogP contribution is -2.26. The van der Waals surface area contributed by atoms with Gasteiger partial charge in [-0.3, -0.25) is 0 Å². The Labute approximate surface area is 101 Å². The second-order valence-electron chi connectivity index (χ2n) is 4.53. The number of aliphatic hydroxyl groups is 1. The van der Waals surface area contributed by atoms with Crippen LogP contribution in [0.25, 0.3) is 0 Å². The molecule has 0 radical (unpaired) electrons. The summed E-state index contributed by atoms with van der Waals surface area (Å²) >= 11 is 5.92. The molecule has 0 atom stereocenters. The van der Waals surface area contributed by atoms with Crippen molar-refractivity contribution in [1.82, 2.24) is 0 Å². The molecular formula is C12H18ClNO2. The van der Waals surface area contributed by atoms with Crippen molar-refractivity contribution in [3.05, 3.63) is 23.2 Å². The number of rotatable bonds is 5. The lowest BCUT2D eigenvalue weighted by atomic mass is 9.95. The molecule has 2 N–H and O–H groups in total. The molecule has 0 fully saturated rings. The van der Waals surface area contributed by atoms with E-state index in [0.717, 1.165) is 5.69 Å². The average molecular weight is 244 g/mol. The Bertz CT molecular complexity index is 353. The van der Waals surface area contributed by atoms with Crippen LogP contribution >= 0.6 is 11.6 Å². The maximum absolute atomic E-state index is 9.13. The third-order valence-electron chi connectivity index (χ3n) is 2.35. The van der Waals surface area contributed by atoms with E-state index in [0.29, 0.717) is 17.3 Å². The highest BCUT2D eigenvalue weighted by atomic mass is 35.5. The van der Waals surface area contributed by atoms with Crippen molar-refractivity contribution in [2.75, 3.05) is 25.6 Å². The third-order valence-corrected chi connectivity index (χ3v) is 2.66. The Morgan fingerprint density at radius 2 is 2.12 bits per heavy atom. The molecule has 4 heteroatoms. The van der Waals surface area contributed by atoms with Gasteiger partial charge in [0.1, 0.15) is 5.75 Å². The number of benzene rings is 1. The van der Waals surface area contributed by atoms with Gasteiger partial charge in [-0.2, -0.15) is 0 Å². The van der Waals surface area contributed by atoms with Gasteiger partial charge in [0.25, 0.3) is 0 Å². The molecule has 0 spiro atoms. The van der Waals surface area contributed by atoms with Gasteiger partial charge in [0.2, 0.25) is 0 Å². The van der Waals surface area contributed by atoms with E-state index in [1.165, 1.54) is 0 Å². The van der Waals surface area contributed by atoms with Crippen molar-refractivity contribution in [1.29, 1.82) is 0 Å². The molecule has 0 aliphatic carbocycles. The van der Waals surface area contributed by atoms with E-state index in [-0.39, 0.29) is 12.0 Å². The molecule has 0 amide bonds. The predicted octanol–water partition coefficient (Wildman–Crippen LogP) is 2.78. The van der Waals surface area contributed by atoms with Crippen molar-refractivity contribution >= 4 is 17.3 Å². The number of halogens is 1. The molecule has 0 aliphatic heterocycles. The maximum atomic E-state index is 9.13. The molecule has 0 bridgehead atoms. The number of ether oxygens (including phenoxy) is 1. The minimum absolute atomic E-state index is 0.144. The van der Waals surface area contributed by atoms with Crippen LogP contribution in [0.2, 0.25) is 5.02 Å². The van der Waals surface area contributed by atoms with Gasteiger partial charge < -0.3 is 15.2 Å². The Balaban J connectivity index is 2.68. The van der Waals surface area contributed by atoms with Crippen molar-refractivity contribution < 1.29 is 9.84 Å². The van der Waals surface area contributed by atoms with Crippen LogP contribution < -0.4 is 10.1 Å². The minimum atomic E-state index is -0.146. The summed E-state index contributed by atoms with van der Waals surface area (Å²) in [7, 11) is 1.59. The van der Waals surface area contributed by atoms with E-state index in [1.807, 2.05) is 26.0 Å². The predicted molar refractivity (Wildman–Crippen MR) is 67.4 cm³/mol. The summed E-state index contributed by atoms with van der Waals surface area (Å²) in [4.78, 5) is 0. The first-order chi connectivity index (χ1) is 7.48. The number of methoxy groups -OCH3 is 1. The normalized spacial score (nSPS) is 11.3. The Kier molecular flexibility index (Phi) is 4.44. The second kappa shape index (κ2) is 5.41. The van der Waals surface area contributed by atoms with Gasteiger partial charge in [0.05, 0.1) is 12.1 Å². The van der Waals surface area contributed by atoms with Crippen LogP contribution in [0.15, 0.2) is 18.2 Å². The SMILES string of the molecule is COc1cc(NCC(C)(C)CO)ccc1Cl. The van der Waals surface area contributed by atoms with Crippen LogP contribution in [0.3, 0.4) is 0 Å². The first-order valence-electron chi connectivity index (χ1n) is 5.17. The van der Waals surface area contributed by atoms with Crippen LogP contribution in [0.4, 0.5) is 5.69 Å². The molecular weight excluding hydrogens is 226 g/mol. The lowest BCUT2D eigenvalue weighted by Gasteiger charge is -2.22. The van der Waals surface area contributed by atoms with Crippen LogP contribution in [-0.2, 0) is 0 Å². The molecule has 0 saturated heterocycles. The fourth-order valence-electron chi connectivity index (χ4n) is 1.17. The van der Waals surface area contributed by atoms with E-state index in [4.69, 9.17) is 21.4 Å². The molecule has 0 aliphatic rings. The topological polar surface area (TPSA) is 41.5 Å². The number of hydrogen-bond acceptors (Lipinski definition) is 3. The largest absolute Gasteiger partial charge is 0.495 e. The van der Waals surface area contributed by atoms with Gasteiger partial charge in [-0.05, 0) is 12.1 Å². The molecule has 16 heavy (non-hydrogen) atoms. The Morgan fingerprint density at radius 3 is 2.69 bits per heavy atom. The fraction of sp³-hybridized carbons (Fsp3) is 0.500. The molecule has 90 valence electrons. The number of hydrogen-bond donors (Lipinski definition) is 2. The van der Waals surface area contributed by atoms with Crippen LogP contribution in [0.1, 0.15) is 13.8 Å². The fourth-order valence-corrected chi connectivity index (χ4v) is 1.36. The zero-order valence-electron chi connectivity index (χ0n) is 9.88. The number of nitrogens with one attached hydrogen (secondary N) is 1. The van der Waals surface area contributed by atoms with Gasteiger partial charge in [0, 0.05) is 30.3 Å². The van der Waals surface area contributed by atoms with Gasteiger partial charge >= 0.3 is 0 Å². The van der Waals surface area contributed by atoms with Crippen molar-refractivity contribution in [3.63, 3.8) is 0 Å². The summed E-state index contributed by atoms with van der Waals surface area (Å²) in [5, 5.41) is 13.0. The van der Waals surface area contributed by atoms with Gasteiger partial charge in [-0.1, -0.05) is 25.4 Å². The summed E-state index contributed by atoms with van der Waals surface area (Å²) in [6.07, 6.45) is 0. The second-order valence-corrected chi connectivity index (χ2v) is 4.93. The summed E-state index contributed by atoms with van der Waals surface area (Å²) in [5.74, 6) is 0.647. The average Bonchev–Trinajstić information content (AvgIpc) is 2.28. The summed E-state index contributed by atoms with van der Waals surface area (Å²) < 4.78 is 5.12. The van der Waals surface area contributed by atoms with E-state index >= 15 is 0 Å². The van der Waals surface area contributed by atoms with Gasteiger partial charge in [-0.15, -0.1) is 0 Å². The highest BCUT2D eigenvalue weighted by Crippen LogP contribution is 2.28. The molecule has 1 aromatic carbocycles. The molecule has 1 rings (SSSR count). The highest BCUT2D eigenvalue weighted by molar-refractivity contribution is 6.32. The van der Waals surface area contributed by atoms with Crippen LogP contribution in [0.5, 0.6) is 5.75 Å². The van der Waals surface area contributed by atoms with Gasteiger partial charge in [-0.25, -0.2) is 0 Å². The Morgan fingerprint density at radius 1 is 1.44 bits per heavy atom. The smallest absolute Gasteiger partial charge is 0.139 e. The minimum Gasteiger partial charge on any atom is -0.495 e. The quantitative estimate of drug-likeness (QED) is 0.836. The summed E-state index contributed by atoms with van der Waals surface area (Å²) in [6.45, 7) is 4.82. The van der Waals surface area contributed by atoms with E-state index in [9.17, 15) is 0 Å². The highest BCUT2D eigenvalue weighted by Gasteiger charge is 2.16. The molecule has 0 saturated carbocycles. The Hall–Kier alpha value is -0.930. The van der Waals surface area contributed by atoms with E-state index in [2.05, 4.69) is 5.32 Å². The van der Waals surface area contributed by atoms with Crippen molar-refractivity contribution in [2.45, 2.75) is 13.8 Å². The monoisotopic (exact) mass is 243 g/mol. The summed E-state index contributed by atoms with van der Waals surface area (Å²) in [6, 6.07) is 5.52. The maximum Gasteiger partial charge on any atom is 0.139 e. The molecule has 0 unspecified atom stereocenters. The zero-order valence-corrected chi connectivity index (χ0v) is 10.6. The molecule has 3 nitrogen and oxygen atoms in total. The first-order valence-corrected chi connectivity index (χ1v) is 5.54.